The summed E-state index contributed by atoms with van der Waals surface area (Å²) >= 11 is 0. The van der Waals surface area contributed by atoms with Gasteiger partial charge in [0, 0.05) is 12.1 Å². The highest BCUT2D eigenvalue weighted by atomic mass is 32.2. The van der Waals surface area contributed by atoms with Gasteiger partial charge in [0.2, 0.25) is 5.91 Å². The van der Waals surface area contributed by atoms with E-state index in [1.165, 1.54) is 0 Å². The number of amides is 2. The molecule has 0 radical (unpaired) electrons. The van der Waals surface area contributed by atoms with Crippen LogP contribution in [0.1, 0.15) is 26.3 Å². The van der Waals surface area contributed by atoms with E-state index >= 15 is 0 Å². The SMILES string of the molecule is CC(C)(C)OC(=O)N[C@@H]1Cc2ccc(S(=O)(=O)C(F)(F)F)cc2NC1=O. The summed E-state index contributed by atoms with van der Waals surface area (Å²) in [4.78, 5) is 22.9. The van der Waals surface area contributed by atoms with E-state index in [1.807, 2.05) is 0 Å². The van der Waals surface area contributed by atoms with Gasteiger partial charge in [0.1, 0.15) is 11.6 Å². The van der Waals surface area contributed by atoms with E-state index in [4.69, 9.17) is 4.74 Å². The van der Waals surface area contributed by atoms with Crippen molar-refractivity contribution in [3.8, 4) is 0 Å². The van der Waals surface area contributed by atoms with E-state index in [2.05, 4.69) is 10.6 Å². The number of fused-ring (bicyclic) bond motifs is 1. The molecule has 1 aliphatic rings. The Hall–Kier alpha value is -2.30. The predicted molar refractivity (Wildman–Crippen MR) is 85.2 cm³/mol. The van der Waals surface area contributed by atoms with Crippen LogP contribution in [0.2, 0.25) is 0 Å². The molecular weight excluding hydrogens is 377 g/mol. The lowest BCUT2D eigenvalue weighted by molar-refractivity contribution is -0.118. The number of alkyl carbamates (subject to hydrolysis) is 1. The highest BCUT2D eigenvalue weighted by molar-refractivity contribution is 7.92. The number of halogens is 3. The number of ether oxygens (including phenoxy) is 1. The molecule has 1 aromatic carbocycles. The van der Waals surface area contributed by atoms with Crippen molar-refractivity contribution in [3.63, 3.8) is 0 Å². The molecule has 2 N–H and O–H groups in total. The van der Waals surface area contributed by atoms with E-state index in [1.54, 1.807) is 20.8 Å². The van der Waals surface area contributed by atoms with Gasteiger partial charge in [0.05, 0.1) is 4.90 Å². The maximum atomic E-state index is 12.6. The number of sulfone groups is 1. The molecule has 1 atom stereocenters. The molecule has 0 bridgehead atoms. The lowest BCUT2D eigenvalue weighted by atomic mass is 9.99. The molecule has 1 aromatic rings. The number of carbonyl (C=O) groups is 2. The van der Waals surface area contributed by atoms with Crippen LogP contribution >= 0.6 is 0 Å². The first kappa shape index (κ1) is 20.0. The largest absolute Gasteiger partial charge is 0.501 e. The fourth-order valence-electron chi connectivity index (χ4n) is 2.25. The molecule has 0 fully saturated rings. The van der Waals surface area contributed by atoms with Crippen LogP contribution in [0.5, 0.6) is 0 Å². The van der Waals surface area contributed by atoms with Gasteiger partial charge < -0.3 is 15.4 Å². The fraction of sp³-hybridized carbons (Fsp3) is 0.467. The lowest BCUT2D eigenvalue weighted by Gasteiger charge is -2.27. The molecule has 1 aliphatic heterocycles. The molecule has 0 aliphatic carbocycles. The summed E-state index contributed by atoms with van der Waals surface area (Å²) in [5.74, 6) is -0.690. The molecule has 0 aromatic heterocycles. The highest BCUT2D eigenvalue weighted by Crippen LogP contribution is 2.33. The molecule has 2 rings (SSSR count). The Bertz CT molecular complexity index is 844. The van der Waals surface area contributed by atoms with Crippen LogP contribution in [0.3, 0.4) is 0 Å². The smallest absolute Gasteiger partial charge is 0.444 e. The normalized spacial score (nSPS) is 17.9. The van der Waals surface area contributed by atoms with E-state index in [9.17, 15) is 31.2 Å². The topological polar surface area (TPSA) is 102 Å². The number of alkyl halides is 3. The van der Waals surface area contributed by atoms with Crippen molar-refractivity contribution in [1.29, 1.82) is 0 Å². The Balaban J connectivity index is 2.22. The van der Waals surface area contributed by atoms with Crippen LogP contribution < -0.4 is 10.6 Å². The van der Waals surface area contributed by atoms with Gasteiger partial charge in [-0.1, -0.05) is 6.07 Å². The third-order valence-electron chi connectivity index (χ3n) is 3.39. The van der Waals surface area contributed by atoms with Crippen molar-refractivity contribution in [2.45, 2.75) is 49.2 Å². The van der Waals surface area contributed by atoms with E-state index < -0.39 is 43.9 Å². The average Bonchev–Trinajstić information content (AvgIpc) is 2.44. The van der Waals surface area contributed by atoms with Crippen molar-refractivity contribution in [2.75, 3.05) is 5.32 Å². The zero-order valence-electron chi connectivity index (χ0n) is 14.1. The first-order valence-corrected chi connectivity index (χ1v) is 8.94. The summed E-state index contributed by atoms with van der Waals surface area (Å²) < 4.78 is 65.8. The molecular formula is C15H17F3N2O5S. The van der Waals surface area contributed by atoms with Gasteiger partial charge >= 0.3 is 11.6 Å². The number of hydrogen-bond acceptors (Lipinski definition) is 5. The highest BCUT2D eigenvalue weighted by Gasteiger charge is 2.47. The van der Waals surface area contributed by atoms with Crippen molar-refractivity contribution < 1.29 is 35.9 Å². The van der Waals surface area contributed by atoms with E-state index in [0.717, 1.165) is 18.2 Å². The van der Waals surface area contributed by atoms with Crippen molar-refractivity contribution >= 4 is 27.5 Å². The zero-order chi connectivity index (χ0) is 19.9. The standard InChI is InChI=1S/C15H17F3N2O5S/c1-14(2,3)25-13(22)20-11-6-8-4-5-9(7-10(8)19-12(11)21)26(23,24)15(16,17)18/h4-5,7,11H,6H2,1-3H3,(H,19,21)(H,20,22)/t11-/m1/s1. The Labute approximate surface area is 147 Å². The van der Waals surface area contributed by atoms with E-state index in [-0.39, 0.29) is 12.1 Å². The summed E-state index contributed by atoms with van der Waals surface area (Å²) in [5.41, 5.74) is -5.89. The zero-order valence-corrected chi connectivity index (χ0v) is 14.9. The van der Waals surface area contributed by atoms with Gasteiger partial charge in [-0.15, -0.1) is 0 Å². The number of rotatable bonds is 2. The third-order valence-corrected chi connectivity index (χ3v) is 4.87. The first-order chi connectivity index (χ1) is 11.7. The van der Waals surface area contributed by atoms with Gasteiger partial charge in [-0.25, -0.2) is 13.2 Å². The van der Waals surface area contributed by atoms with Gasteiger partial charge in [0.25, 0.3) is 9.84 Å². The van der Waals surface area contributed by atoms with Crippen molar-refractivity contribution in [2.24, 2.45) is 0 Å². The van der Waals surface area contributed by atoms with Crippen LogP contribution in [0, 0.1) is 0 Å². The van der Waals surface area contributed by atoms with Crippen molar-refractivity contribution in [1.82, 2.24) is 5.32 Å². The van der Waals surface area contributed by atoms with Gasteiger partial charge in [-0.2, -0.15) is 13.2 Å². The molecule has 26 heavy (non-hydrogen) atoms. The second kappa shape index (κ2) is 6.45. The second-order valence-electron chi connectivity index (χ2n) is 6.66. The molecule has 0 saturated heterocycles. The molecule has 0 saturated carbocycles. The summed E-state index contributed by atoms with van der Waals surface area (Å²) in [6.07, 6.45) is -0.843. The summed E-state index contributed by atoms with van der Waals surface area (Å²) in [6, 6.07) is 1.73. The van der Waals surface area contributed by atoms with Gasteiger partial charge in [-0.3, -0.25) is 4.79 Å². The molecule has 11 heteroatoms. The van der Waals surface area contributed by atoms with Crippen LogP contribution in [-0.2, 0) is 25.8 Å². The maximum Gasteiger partial charge on any atom is 0.501 e. The minimum atomic E-state index is -5.52. The Morgan fingerprint density at radius 3 is 2.42 bits per heavy atom. The fourth-order valence-corrected chi connectivity index (χ4v) is 3.04. The van der Waals surface area contributed by atoms with Gasteiger partial charge in [-0.05, 0) is 38.5 Å². The Morgan fingerprint density at radius 1 is 1.27 bits per heavy atom. The molecule has 0 spiro atoms. The predicted octanol–water partition coefficient (Wildman–Crippen LogP) is 2.37. The number of benzene rings is 1. The summed E-state index contributed by atoms with van der Waals surface area (Å²) in [7, 11) is -5.52. The van der Waals surface area contributed by atoms with Gasteiger partial charge in [0.15, 0.2) is 0 Å². The molecule has 0 unspecified atom stereocenters. The number of anilines is 1. The Morgan fingerprint density at radius 2 is 1.88 bits per heavy atom. The maximum absolute atomic E-state index is 12.6. The van der Waals surface area contributed by atoms with E-state index in [0.29, 0.717) is 5.56 Å². The van der Waals surface area contributed by atoms with Crippen LogP contribution in [0.25, 0.3) is 0 Å². The minimum Gasteiger partial charge on any atom is -0.444 e. The first-order valence-electron chi connectivity index (χ1n) is 7.45. The summed E-state index contributed by atoms with van der Waals surface area (Å²) in [5, 5.41) is 4.66. The lowest BCUT2D eigenvalue weighted by Crippen LogP contribution is -2.49. The molecule has 144 valence electrons. The summed E-state index contributed by atoms with van der Waals surface area (Å²) in [6.45, 7) is 4.93. The van der Waals surface area contributed by atoms with Crippen molar-refractivity contribution in [3.05, 3.63) is 23.8 Å². The number of nitrogens with one attached hydrogen (secondary N) is 2. The quantitative estimate of drug-likeness (QED) is 0.802. The minimum absolute atomic E-state index is 0.0211. The third kappa shape index (κ3) is 4.26. The Kier molecular flexibility index (Phi) is 4.97. The molecule has 2 amide bonds. The van der Waals surface area contributed by atoms with Crippen LogP contribution in [0.15, 0.2) is 23.1 Å². The molecule has 7 nitrogen and oxygen atoms in total. The second-order valence-corrected chi connectivity index (χ2v) is 8.60. The molecule has 1 heterocycles. The van der Waals surface area contributed by atoms with Crippen LogP contribution in [0.4, 0.5) is 23.7 Å². The average molecular weight is 394 g/mol. The monoisotopic (exact) mass is 394 g/mol. The number of hydrogen-bond donors (Lipinski definition) is 2. The number of carbonyl (C=O) groups excluding carboxylic acids is 2. The van der Waals surface area contributed by atoms with Crippen LogP contribution in [-0.4, -0.2) is 37.6 Å².